The number of methoxy groups -OCH3 is 4. The van der Waals surface area contributed by atoms with Crippen LogP contribution in [-0.2, 0) is 0 Å². The van der Waals surface area contributed by atoms with Gasteiger partial charge in [-0.2, -0.15) is 0 Å². The van der Waals surface area contributed by atoms with Gasteiger partial charge in [0.1, 0.15) is 5.75 Å². The Kier molecular flexibility index (Phi) is 5.98. The van der Waals surface area contributed by atoms with Gasteiger partial charge in [-0.1, -0.05) is 19.4 Å². The molecule has 1 aliphatic rings. The van der Waals surface area contributed by atoms with Gasteiger partial charge in [-0.05, 0) is 77.1 Å². The summed E-state index contributed by atoms with van der Waals surface area (Å²) < 4.78 is 21.9. The topological polar surface area (TPSA) is 36.9 Å². The zero-order valence-electron chi connectivity index (χ0n) is 17.5. The lowest BCUT2D eigenvalue weighted by Crippen LogP contribution is -1.95. The molecule has 0 spiro atoms. The number of hydrogen-bond donors (Lipinski definition) is 0. The first-order valence-electron chi connectivity index (χ1n) is 9.48. The summed E-state index contributed by atoms with van der Waals surface area (Å²) in [5.41, 5.74) is 7.40. The van der Waals surface area contributed by atoms with Gasteiger partial charge in [0.2, 0.25) is 5.75 Å². The Balaban J connectivity index is 2.17. The minimum Gasteiger partial charge on any atom is -0.497 e. The number of allylic oxidation sites excluding steroid dienone is 3. The number of benzene rings is 2. The Morgan fingerprint density at radius 2 is 1.50 bits per heavy atom. The Hall–Kier alpha value is -2.88. The summed E-state index contributed by atoms with van der Waals surface area (Å²) in [6.45, 7) is 4.41. The van der Waals surface area contributed by atoms with Crippen molar-refractivity contribution in [3.63, 3.8) is 0 Å². The molecule has 0 aliphatic heterocycles. The Bertz CT molecular complexity index is 913. The molecule has 0 amide bonds. The number of hydrogen-bond acceptors (Lipinski definition) is 4. The monoisotopic (exact) mass is 380 g/mol. The molecule has 2 aromatic rings. The van der Waals surface area contributed by atoms with Gasteiger partial charge in [0, 0.05) is 0 Å². The molecule has 28 heavy (non-hydrogen) atoms. The largest absolute Gasteiger partial charge is 0.497 e. The Labute approximate surface area is 167 Å². The van der Waals surface area contributed by atoms with Gasteiger partial charge in [0.25, 0.3) is 0 Å². The van der Waals surface area contributed by atoms with Crippen molar-refractivity contribution in [3.05, 3.63) is 52.6 Å². The third kappa shape index (κ3) is 3.47. The van der Waals surface area contributed by atoms with Crippen LogP contribution in [-0.4, -0.2) is 28.4 Å². The van der Waals surface area contributed by atoms with Crippen LogP contribution in [0.1, 0.15) is 43.4 Å². The van der Waals surface area contributed by atoms with Gasteiger partial charge >= 0.3 is 0 Å². The third-order valence-corrected chi connectivity index (χ3v) is 5.20. The average Bonchev–Trinajstić information content (AvgIpc) is 2.98. The second-order valence-electron chi connectivity index (χ2n) is 6.78. The van der Waals surface area contributed by atoms with E-state index in [2.05, 4.69) is 32.1 Å². The summed E-state index contributed by atoms with van der Waals surface area (Å²) in [5, 5.41) is 0. The van der Waals surface area contributed by atoms with E-state index in [1.54, 1.807) is 28.4 Å². The summed E-state index contributed by atoms with van der Waals surface area (Å²) >= 11 is 0. The van der Waals surface area contributed by atoms with Crippen LogP contribution in [0.4, 0.5) is 0 Å². The zero-order chi connectivity index (χ0) is 20.3. The summed E-state index contributed by atoms with van der Waals surface area (Å²) in [5.74, 6) is 2.78. The molecule has 0 fully saturated rings. The molecule has 4 nitrogen and oxygen atoms in total. The third-order valence-electron chi connectivity index (χ3n) is 5.20. The van der Waals surface area contributed by atoms with Gasteiger partial charge < -0.3 is 18.9 Å². The molecule has 0 atom stereocenters. The normalized spacial score (nSPS) is 14.3. The van der Waals surface area contributed by atoms with E-state index < -0.39 is 0 Å². The first-order valence-corrected chi connectivity index (χ1v) is 9.48. The highest BCUT2D eigenvalue weighted by Gasteiger charge is 2.24. The molecule has 0 saturated carbocycles. The summed E-state index contributed by atoms with van der Waals surface area (Å²) in [6.07, 6.45) is 4.33. The maximum Gasteiger partial charge on any atom is 0.203 e. The molecular weight excluding hydrogens is 352 g/mol. The summed E-state index contributed by atoms with van der Waals surface area (Å²) in [6, 6.07) is 10.2. The lowest BCUT2D eigenvalue weighted by molar-refractivity contribution is 0.324. The van der Waals surface area contributed by atoms with E-state index >= 15 is 0 Å². The standard InChI is InChI=1S/C24H28O4/c1-7-8-18-15(2)20(19-10-9-17(25-3)14-21(18)19)11-16-12-22(26-4)24(28-6)23(13-16)27-5/h9-14H,7-8H2,1-6H3. The van der Waals surface area contributed by atoms with Crippen molar-refractivity contribution in [3.8, 4) is 23.0 Å². The van der Waals surface area contributed by atoms with Crippen molar-refractivity contribution in [2.75, 3.05) is 28.4 Å². The molecule has 2 aromatic carbocycles. The van der Waals surface area contributed by atoms with Crippen LogP contribution in [0.25, 0.3) is 17.2 Å². The van der Waals surface area contributed by atoms with E-state index in [0.717, 1.165) is 24.2 Å². The van der Waals surface area contributed by atoms with Gasteiger partial charge in [0.05, 0.1) is 28.4 Å². The number of fused-ring (bicyclic) bond motifs is 1. The zero-order valence-corrected chi connectivity index (χ0v) is 17.5. The van der Waals surface area contributed by atoms with Crippen LogP contribution in [0.5, 0.6) is 23.0 Å². The van der Waals surface area contributed by atoms with Crippen LogP contribution in [0.3, 0.4) is 0 Å². The van der Waals surface area contributed by atoms with Gasteiger partial charge in [-0.3, -0.25) is 0 Å². The Morgan fingerprint density at radius 3 is 2.04 bits per heavy atom. The van der Waals surface area contributed by atoms with Crippen molar-refractivity contribution in [2.45, 2.75) is 26.7 Å². The van der Waals surface area contributed by atoms with Gasteiger partial charge in [-0.15, -0.1) is 0 Å². The van der Waals surface area contributed by atoms with Crippen LogP contribution < -0.4 is 18.9 Å². The lowest BCUT2D eigenvalue weighted by Gasteiger charge is -2.13. The fraction of sp³-hybridized carbons (Fsp3) is 0.333. The highest BCUT2D eigenvalue weighted by atomic mass is 16.5. The molecule has 0 aromatic heterocycles. The highest BCUT2D eigenvalue weighted by molar-refractivity contribution is 6.05. The molecule has 3 rings (SSSR count). The molecule has 0 heterocycles. The summed E-state index contributed by atoms with van der Waals surface area (Å²) in [7, 11) is 6.59. The minimum absolute atomic E-state index is 0.600. The minimum atomic E-state index is 0.600. The van der Waals surface area contributed by atoms with Gasteiger partial charge in [-0.25, -0.2) is 0 Å². The van der Waals surface area contributed by atoms with Crippen molar-refractivity contribution >= 4 is 17.2 Å². The Morgan fingerprint density at radius 1 is 0.821 bits per heavy atom. The molecule has 0 radical (unpaired) electrons. The highest BCUT2D eigenvalue weighted by Crippen LogP contribution is 2.46. The number of ether oxygens (including phenoxy) is 4. The van der Waals surface area contributed by atoms with Crippen LogP contribution in [0, 0.1) is 0 Å². The molecule has 148 valence electrons. The molecule has 0 N–H and O–H groups in total. The maximum absolute atomic E-state index is 5.51. The molecular formula is C24H28O4. The molecule has 0 bridgehead atoms. The maximum atomic E-state index is 5.51. The fourth-order valence-electron chi connectivity index (χ4n) is 3.81. The van der Waals surface area contributed by atoms with Crippen LogP contribution in [0.15, 0.2) is 35.9 Å². The van der Waals surface area contributed by atoms with E-state index in [1.165, 1.54) is 27.8 Å². The van der Waals surface area contributed by atoms with E-state index in [-0.39, 0.29) is 0 Å². The van der Waals surface area contributed by atoms with E-state index in [4.69, 9.17) is 18.9 Å². The van der Waals surface area contributed by atoms with Crippen molar-refractivity contribution < 1.29 is 18.9 Å². The fourth-order valence-corrected chi connectivity index (χ4v) is 3.81. The smallest absolute Gasteiger partial charge is 0.203 e. The van der Waals surface area contributed by atoms with E-state index in [0.29, 0.717) is 17.2 Å². The van der Waals surface area contributed by atoms with Crippen molar-refractivity contribution in [2.24, 2.45) is 0 Å². The number of rotatable bonds is 7. The van der Waals surface area contributed by atoms with E-state index in [1.807, 2.05) is 18.2 Å². The molecule has 1 aliphatic carbocycles. The first-order chi connectivity index (χ1) is 13.6. The second kappa shape index (κ2) is 8.42. The SMILES string of the molecule is CCCC1=C(C)C(=Cc2cc(OC)c(OC)c(OC)c2)c2ccc(OC)cc21. The average molecular weight is 380 g/mol. The van der Waals surface area contributed by atoms with Gasteiger partial charge in [0.15, 0.2) is 11.5 Å². The molecule has 0 unspecified atom stereocenters. The van der Waals surface area contributed by atoms with Crippen LogP contribution in [0.2, 0.25) is 0 Å². The predicted octanol–water partition coefficient (Wildman–Crippen LogP) is 5.85. The van der Waals surface area contributed by atoms with E-state index in [9.17, 15) is 0 Å². The first kappa shape index (κ1) is 19.9. The second-order valence-corrected chi connectivity index (χ2v) is 6.78. The molecule has 4 heteroatoms. The predicted molar refractivity (Wildman–Crippen MR) is 114 cm³/mol. The van der Waals surface area contributed by atoms with Crippen LogP contribution >= 0.6 is 0 Å². The van der Waals surface area contributed by atoms with Crippen molar-refractivity contribution in [1.82, 2.24) is 0 Å². The summed E-state index contributed by atoms with van der Waals surface area (Å²) in [4.78, 5) is 0. The quantitative estimate of drug-likeness (QED) is 0.604. The lowest BCUT2D eigenvalue weighted by atomic mass is 10.00. The molecule has 0 saturated heterocycles. The van der Waals surface area contributed by atoms with Crippen molar-refractivity contribution in [1.29, 1.82) is 0 Å².